The molecule has 2 amide bonds. The van der Waals surface area contributed by atoms with Gasteiger partial charge in [-0.3, -0.25) is 14.3 Å². The molecular formula is C22H21ClN4O2. The van der Waals surface area contributed by atoms with Crippen molar-refractivity contribution < 1.29 is 9.59 Å². The van der Waals surface area contributed by atoms with Crippen LogP contribution in [0.5, 0.6) is 0 Å². The normalized spacial score (nSPS) is 13.1. The number of carbonyl (C=O) groups excluding carboxylic acids is 2. The number of rotatable bonds is 5. The van der Waals surface area contributed by atoms with Gasteiger partial charge in [0, 0.05) is 18.1 Å². The Morgan fingerprint density at radius 2 is 1.79 bits per heavy atom. The SMILES string of the molecule is O=C(NCc1ccccc1)c1cc2n(n1)CCN(C(=O)Cc1ccccc1Cl)C2. The largest absolute Gasteiger partial charge is 0.347 e. The third kappa shape index (κ3) is 4.49. The molecule has 0 unspecified atom stereocenters. The van der Waals surface area contributed by atoms with E-state index in [9.17, 15) is 9.59 Å². The van der Waals surface area contributed by atoms with Crippen molar-refractivity contribution in [3.05, 3.63) is 88.2 Å². The predicted octanol–water partition coefficient (Wildman–Crippen LogP) is 3.05. The lowest BCUT2D eigenvalue weighted by atomic mass is 10.1. The highest BCUT2D eigenvalue weighted by molar-refractivity contribution is 6.31. The first-order valence-corrected chi connectivity index (χ1v) is 9.88. The lowest BCUT2D eigenvalue weighted by Crippen LogP contribution is -2.39. The van der Waals surface area contributed by atoms with Crippen LogP contribution in [-0.4, -0.2) is 33.0 Å². The number of hydrogen-bond donors (Lipinski definition) is 1. The number of halogens is 1. The minimum absolute atomic E-state index is 0.0145. The molecule has 29 heavy (non-hydrogen) atoms. The summed E-state index contributed by atoms with van der Waals surface area (Å²) in [4.78, 5) is 26.9. The van der Waals surface area contributed by atoms with Crippen molar-refractivity contribution in [2.45, 2.75) is 26.1 Å². The quantitative estimate of drug-likeness (QED) is 0.705. The maximum Gasteiger partial charge on any atom is 0.272 e. The molecule has 0 spiro atoms. The van der Waals surface area contributed by atoms with Gasteiger partial charge in [0.1, 0.15) is 0 Å². The molecule has 0 radical (unpaired) electrons. The number of nitrogens with one attached hydrogen (secondary N) is 1. The van der Waals surface area contributed by atoms with Crippen molar-refractivity contribution in [2.24, 2.45) is 0 Å². The molecule has 2 aromatic carbocycles. The number of hydrogen-bond acceptors (Lipinski definition) is 3. The van der Waals surface area contributed by atoms with E-state index in [4.69, 9.17) is 11.6 Å². The maximum atomic E-state index is 12.7. The summed E-state index contributed by atoms with van der Waals surface area (Å²) in [5, 5.41) is 7.89. The fourth-order valence-corrected chi connectivity index (χ4v) is 3.58. The second kappa shape index (κ2) is 8.49. The second-order valence-corrected chi connectivity index (χ2v) is 7.40. The monoisotopic (exact) mass is 408 g/mol. The van der Waals surface area contributed by atoms with Gasteiger partial charge in [-0.1, -0.05) is 60.1 Å². The van der Waals surface area contributed by atoms with E-state index < -0.39 is 0 Å². The summed E-state index contributed by atoms with van der Waals surface area (Å²) in [6.07, 6.45) is 0.262. The number of carbonyl (C=O) groups is 2. The van der Waals surface area contributed by atoms with Crippen molar-refractivity contribution >= 4 is 23.4 Å². The second-order valence-electron chi connectivity index (χ2n) is 7.00. The first-order chi connectivity index (χ1) is 14.1. The number of aromatic nitrogens is 2. The fourth-order valence-electron chi connectivity index (χ4n) is 3.38. The first kappa shape index (κ1) is 19.2. The van der Waals surface area contributed by atoms with E-state index in [1.807, 2.05) is 48.5 Å². The summed E-state index contributed by atoms with van der Waals surface area (Å²) in [6, 6.07) is 18.9. The maximum absolute atomic E-state index is 12.7. The van der Waals surface area contributed by atoms with Gasteiger partial charge in [-0.05, 0) is 23.3 Å². The average Bonchev–Trinajstić information content (AvgIpc) is 3.18. The van der Waals surface area contributed by atoms with Crippen molar-refractivity contribution in [2.75, 3.05) is 6.54 Å². The molecule has 0 saturated heterocycles. The minimum atomic E-state index is -0.218. The fraction of sp³-hybridized carbons (Fsp3) is 0.227. The van der Waals surface area contributed by atoms with Gasteiger partial charge in [0.25, 0.3) is 5.91 Å². The smallest absolute Gasteiger partial charge is 0.272 e. The van der Waals surface area contributed by atoms with Gasteiger partial charge in [-0.2, -0.15) is 5.10 Å². The summed E-state index contributed by atoms with van der Waals surface area (Å²) in [5.41, 5.74) is 3.07. The summed E-state index contributed by atoms with van der Waals surface area (Å²) >= 11 is 6.17. The molecule has 0 bridgehead atoms. The molecule has 0 saturated carbocycles. The lowest BCUT2D eigenvalue weighted by Gasteiger charge is -2.27. The van der Waals surface area contributed by atoms with Crippen LogP contribution in [0.25, 0.3) is 0 Å². The van der Waals surface area contributed by atoms with Crippen LogP contribution in [0.1, 0.15) is 27.3 Å². The van der Waals surface area contributed by atoms with Crippen LogP contribution in [0.2, 0.25) is 5.02 Å². The summed E-state index contributed by atoms with van der Waals surface area (Å²) < 4.78 is 1.80. The third-order valence-electron chi connectivity index (χ3n) is 4.98. The molecule has 0 fully saturated rings. The number of fused-ring (bicyclic) bond motifs is 1. The Morgan fingerprint density at radius 3 is 2.59 bits per heavy atom. The van der Waals surface area contributed by atoms with Gasteiger partial charge in [-0.15, -0.1) is 0 Å². The van der Waals surface area contributed by atoms with Crippen molar-refractivity contribution in [3.8, 4) is 0 Å². The first-order valence-electron chi connectivity index (χ1n) is 9.50. The van der Waals surface area contributed by atoms with E-state index in [1.165, 1.54) is 0 Å². The van der Waals surface area contributed by atoms with Crippen LogP contribution >= 0.6 is 11.6 Å². The van der Waals surface area contributed by atoms with Gasteiger partial charge in [0.2, 0.25) is 5.91 Å². The van der Waals surface area contributed by atoms with Gasteiger partial charge in [0.05, 0.1) is 25.2 Å². The molecule has 2 heterocycles. The lowest BCUT2D eigenvalue weighted by molar-refractivity contribution is -0.132. The van der Waals surface area contributed by atoms with E-state index in [2.05, 4.69) is 10.4 Å². The molecule has 3 aromatic rings. The van der Waals surface area contributed by atoms with Crippen LogP contribution in [0, 0.1) is 0 Å². The Bertz CT molecular complexity index is 1030. The Hall–Kier alpha value is -3.12. The Balaban J connectivity index is 1.38. The summed E-state index contributed by atoms with van der Waals surface area (Å²) in [7, 11) is 0. The predicted molar refractivity (Wildman–Crippen MR) is 110 cm³/mol. The molecule has 1 aliphatic rings. The molecule has 148 valence electrons. The topological polar surface area (TPSA) is 67.2 Å². The number of benzene rings is 2. The summed E-state index contributed by atoms with van der Waals surface area (Å²) in [5.74, 6) is -0.203. The van der Waals surface area contributed by atoms with Gasteiger partial charge >= 0.3 is 0 Å². The Kier molecular flexibility index (Phi) is 5.62. The zero-order chi connectivity index (χ0) is 20.2. The molecule has 0 aliphatic carbocycles. The zero-order valence-corrected chi connectivity index (χ0v) is 16.6. The molecule has 0 atom stereocenters. The van der Waals surface area contributed by atoms with E-state index in [1.54, 1.807) is 21.7 Å². The highest BCUT2D eigenvalue weighted by Crippen LogP contribution is 2.19. The van der Waals surface area contributed by atoms with Gasteiger partial charge in [-0.25, -0.2) is 0 Å². The molecule has 4 rings (SSSR count). The van der Waals surface area contributed by atoms with E-state index in [0.29, 0.717) is 36.9 Å². The molecule has 1 N–H and O–H groups in total. The molecular weight excluding hydrogens is 388 g/mol. The zero-order valence-electron chi connectivity index (χ0n) is 15.8. The Morgan fingerprint density at radius 1 is 1.03 bits per heavy atom. The van der Waals surface area contributed by atoms with Crippen molar-refractivity contribution in [1.29, 1.82) is 0 Å². The van der Waals surface area contributed by atoms with E-state index >= 15 is 0 Å². The number of amides is 2. The van der Waals surface area contributed by atoms with E-state index in [-0.39, 0.29) is 18.2 Å². The van der Waals surface area contributed by atoms with Gasteiger partial charge < -0.3 is 10.2 Å². The van der Waals surface area contributed by atoms with Crippen molar-refractivity contribution in [1.82, 2.24) is 20.0 Å². The average molecular weight is 409 g/mol. The van der Waals surface area contributed by atoms with Crippen LogP contribution in [-0.2, 0) is 30.8 Å². The van der Waals surface area contributed by atoms with Crippen LogP contribution < -0.4 is 5.32 Å². The Labute approximate surface area is 174 Å². The summed E-state index contributed by atoms with van der Waals surface area (Å²) in [6.45, 7) is 2.01. The third-order valence-corrected chi connectivity index (χ3v) is 5.35. The molecule has 1 aliphatic heterocycles. The van der Waals surface area contributed by atoms with Crippen LogP contribution in [0.4, 0.5) is 0 Å². The van der Waals surface area contributed by atoms with Crippen LogP contribution in [0.15, 0.2) is 60.7 Å². The molecule has 7 heteroatoms. The van der Waals surface area contributed by atoms with Crippen LogP contribution in [0.3, 0.4) is 0 Å². The standard InChI is InChI=1S/C22H21ClN4O2/c23-19-9-5-4-8-17(19)12-21(28)26-10-11-27-18(15-26)13-20(25-27)22(29)24-14-16-6-2-1-3-7-16/h1-9,13H,10-12,14-15H2,(H,24,29). The number of nitrogens with zero attached hydrogens (tertiary/aromatic N) is 3. The highest BCUT2D eigenvalue weighted by atomic mass is 35.5. The minimum Gasteiger partial charge on any atom is -0.347 e. The van der Waals surface area contributed by atoms with Crippen molar-refractivity contribution in [3.63, 3.8) is 0 Å². The molecule has 6 nitrogen and oxygen atoms in total. The van der Waals surface area contributed by atoms with E-state index in [0.717, 1.165) is 16.8 Å². The molecule has 1 aromatic heterocycles. The van der Waals surface area contributed by atoms with Gasteiger partial charge in [0.15, 0.2) is 5.69 Å². The highest BCUT2D eigenvalue weighted by Gasteiger charge is 2.24.